The Labute approximate surface area is 197 Å². The summed E-state index contributed by atoms with van der Waals surface area (Å²) in [7, 11) is -2.52. The lowest BCUT2D eigenvalue weighted by Gasteiger charge is -2.20. The topological polar surface area (TPSA) is 103 Å². The number of rotatable bonds is 7. The number of amides is 1. The summed E-state index contributed by atoms with van der Waals surface area (Å²) in [6.45, 7) is 1.85. The van der Waals surface area contributed by atoms with Gasteiger partial charge in [-0.05, 0) is 36.2 Å². The van der Waals surface area contributed by atoms with Gasteiger partial charge in [-0.25, -0.2) is 8.42 Å². The van der Waals surface area contributed by atoms with Gasteiger partial charge in [0, 0.05) is 26.1 Å². The van der Waals surface area contributed by atoms with Gasteiger partial charge < -0.3 is 24.3 Å². The minimum Gasteiger partial charge on any atom is -0.490 e. The normalized spacial score (nSPS) is 15.1. The lowest BCUT2D eigenvalue weighted by Crippen LogP contribution is -2.39. The number of hydrogen-bond donors (Lipinski definition) is 1. The molecule has 0 saturated carbocycles. The van der Waals surface area contributed by atoms with Crippen LogP contribution in [0.25, 0.3) is 0 Å². The number of hydrogen-bond acceptors (Lipinski definition) is 7. The monoisotopic (exact) mass is 496 g/mol. The van der Waals surface area contributed by atoms with Crippen LogP contribution in [0.15, 0.2) is 35.2 Å². The molecule has 1 N–H and O–H groups in total. The summed E-state index contributed by atoms with van der Waals surface area (Å²) < 4.78 is 49.0. The standard InChI is InChI=1S/C22H25ClN2O7S/c1-25(33(27,28)16-3-4-18-19(13-16)30-8-2-7-29-18)14-21(26)24-6-5-15-11-17(23)22-20(12-15)31-9-10-32-22/h3-4,11-13H,2,5-10,14H2,1H3,(H,24,26). The summed E-state index contributed by atoms with van der Waals surface area (Å²) in [6.07, 6.45) is 1.22. The Morgan fingerprint density at radius 1 is 1.00 bits per heavy atom. The molecule has 0 aliphatic carbocycles. The maximum atomic E-state index is 12.9. The predicted octanol–water partition coefficient (Wildman–Crippen LogP) is 2.25. The van der Waals surface area contributed by atoms with E-state index in [4.69, 9.17) is 30.5 Å². The molecule has 11 heteroatoms. The van der Waals surface area contributed by atoms with Crippen LogP contribution < -0.4 is 24.3 Å². The molecule has 0 spiro atoms. The average molecular weight is 497 g/mol. The Balaban J connectivity index is 1.33. The molecule has 0 aromatic heterocycles. The van der Waals surface area contributed by atoms with Crippen molar-refractivity contribution in [3.8, 4) is 23.0 Å². The number of likely N-dealkylation sites (N-methyl/N-ethyl adjacent to an activating group) is 1. The van der Waals surface area contributed by atoms with E-state index in [0.29, 0.717) is 67.4 Å². The van der Waals surface area contributed by atoms with Crippen molar-refractivity contribution < 1.29 is 32.2 Å². The number of sulfonamides is 1. The van der Waals surface area contributed by atoms with Crippen LogP contribution in [0.2, 0.25) is 5.02 Å². The molecular formula is C22H25ClN2O7S. The van der Waals surface area contributed by atoms with Gasteiger partial charge in [-0.1, -0.05) is 11.6 Å². The second kappa shape index (κ2) is 10.1. The van der Waals surface area contributed by atoms with Gasteiger partial charge in [0.25, 0.3) is 0 Å². The molecule has 2 aromatic carbocycles. The highest BCUT2D eigenvalue weighted by Gasteiger charge is 2.25. The van der Waals surface area contributed by atoms with Crippen molar-refractivity contribution in [3.63, 3.8) is 0 Å². The highest BCUT2D eigenvalue weighted by Crippen LogP contribution is 2.38. The molecule has 0 fully saturated rings. The lowest BCUT2D eigenvalue weighted by atomic mass is 10.1. The van der Waals surface area contributed by atoms with Crippen molar-refractivity contribution in [1.29, 1.82) is 0 Å². The van der Waals surface area contributed by atoms with Crippen LogP contribution in [0.1, 0.15) is 12.0 Å². The molecule has 0 saturated heterocycles. The fourth-order valence-corrected chi connectivity index (χ4v) is 4.91. The third-order valence-corrected chi connectivity index (χ3v) is 7.27. The number of fused-ring (bicyclic) bond motifs is 2. The second-order valence-electron chi connectivity index (χ2n) is 7.62. The number of carbonyl (C=O) groups is 1. The van der Waals surface area contributed by atoms with Crippen LogP contribution in [0.5, 0.6) is 23.0 Å². The molecule has 0 radical (unpaired) electrons. The lowest BCUT2D eigenvalue weighted by molar-refractivity contribution is -0.121. The number of nitrogens with one attached hydrogen (secondary N) is 1. The number of nitrogens with zero attached hydrogens (tertiary/aromatic N) is 1. The van der Waals surface area contributed by atoms with Gasteiger partial charge >= 0.3 is 0 Å². The van der Waals surface area contributed by atoms with Crippen LogP contribution >= 0.6 is 11.6 Å². The van der Waals surface area contributed by atoms with E-state index >= 15 is 0 Å². The molecule has 4 rings (SSSR count). The summed E-state index contributed by atoms with van der Waals surface area (Å²) in [5.74, 6) is 1.57. The van der Waals surface area contributed by atoms with Crippen molar-refractivity contribution in [2.24, 2.45) is 0 Å². The average Bonchev–Trinajstić information content (AvgIpc) is 3.04. The van der Waals surface area contributed by atoms with E-state index in [2.05, 4.69) is 5.32 Å². The zero-order chi connectivity index (χ0) is 23.4. The first kappa shape index (κ1) is 23.5. The molecular weight excluding hydrogens is 472 g/mol. The van der Waals surface area contributed by atoms with Gasteiger partial charge in [-0.15, -0.1) is 0 Å². The minimum absolute atomic E-state index is 0.0352. The molecule has 2 aromatic rings. The Morgan fingerprint density at radius 3 is 2.55 bits per heavy atom. The minimum atomic E-state index is -3.88. The third-order valence-electron chi connectivity index (χ3n) is 5.19. The molecule has 1 amide bonds. The van der Waals surface area contributed by atoms with E-state index in [0.717, 1.165) is 16.3 Å². The van der Waals surface area contributed by atoms with Crippen molar-refractivity contribution in [3.05, 3.63) is 40.9 Å². The quantitative estimate of drug-likeness (QED) is 0.627. The first-order chi connectivity index (χ1) is 15.8. The largest absolute Gasteiger partial charge is 0.490 e. The number of halogens is 1. The zero-order valence-electron chi connectivity index (χ0n) is 18.1. The molecule has 0 bridgehead atoms. The highest BCUT2D eigenvalue weighted by atomic mass is 35.5. The molecule has 0 atom stereocenters. The molecule has 2 heterocycles. The fraction of sp³-hybridized carbons (Fsp3) is 0.409. The molecule has 0 unspecified atom stereocenters. The maximum Gasteiger partial charge on any atom is 0.243 e. The van der Waals surface area contributed by atoms with Crippen molar-refractivity contribution in [2.75, 3.05) is 46.6 Å². The smallest absolute Gasteiger partial charge is 0.243 e. The summed E-state index contributed by atoms with van der Waals surface area (Å²) in [5.41, 5.74) is 0.873. The van der Waals surface area contributed by atoms with Gasteiger partial charge in [-0.2, -0.15) is 4.31 Å². The molecule has 2 aliphatic heterocycles. The van der Waals surface area contributed by atoms with E-state index in [9.17, 15) is 13.2 Å². The van der Waals surface area contributed by atoms with Gasteiger partial charge in [0.05, 0.1) is 29.7 Å². The van der Waals surface area contributed by atoms with E-state index < -0.39 is 15.9 Å². The van der Waals surface area contributed by atoms with E-state index in [1.165, 1.54) is 19.2 Å². The fourth-order valence-electron chi connectivity index (χ4n) is 3.48. The highest BCUT2D eigenvalue weighted by molar-refractivity contribution is 7.89. The zero-order valence-corrected chi connectivity index (χ0v) is 19.7. The van der Waals surface area contributed by atoms with Crippen LogP contribution in [-0.2, 0) is 21.2 Å². The van der Waals surface area contributed by atoms with Crippen LogP contribution in [0.4, 0.5) is 0 Å². The van der Waals surface area contributed by atoms with Crippen LogP contribution in [0, 0.1) is 0 Å². The number of ether oxygens (including phenoxy) is 4. The summed E-state index contributed by atoms with van der Waals surface area (Å²) in [5, 5.41) is 3.19. The van der Waals surface area contributed by atoms with Crippen molar-refractivity contribution >= 4 is 27.5 Å². The first-order valence-corrected chi connectivity index (χ1v) is 12.4. The third kappa shape index (κ3) is 5.45. The SMILES string of the molecule is CN(CC(=O)NCCc1cc(Cl)c2c(c1)OCCO2)S(=O)(=O)c1ccc2c(c1)OCCCO2. The van der Waals surface area contributed by atoms with E-state index in [-0.39, 0.29) is 11.4 Å². The van der Waals surface area contributed by atoms with Crippen molar-refractivity contribution in [2.45, 2.75) is 17.7 Å². The Kier molecular flexibility index (Phi) is 7.16. The molecule has 178 valence electrons. The number of benzene rings is 2. The maximum absolute atomic E-state index is 12.9. The summed E-state index contributed by atoms with van der Waals surface area (Å²) in [4.78, 5) is 12.4. The van der Waals surface area contributed by atoms with Gasteiger partial charge in [0.1, 0.15) is 13.2 Å². The van der Waals surface area contributed by atoms with Crippen molar-refractivity contribution in [1.82, 2.24) is 9.62 Å². The van der Waals surface area contributed by atoms with Gasteiger partial charge in [0.15, 0.2) is 23.0 Å². The van der Waals surface area contributed by atoms with Crippen LogP contribution in [-0.4, -0.2) is 65.2 Å². The van der Waals surface area contributed by atoms with E-state index in [1.54, 1.807) is 12.1 Å². The molecule has 9 nitrogen and oxygen atoms in total. The first-order valence-electron chi connectivity index (χ1n) is 10.6. The number of carbonyl (C=O) groups excluding carboxylic acids is 1. The summed E-state index contributed by atoms with van der Waals surface area (Å²) >= 11 is 6.24. The van der Waals surface area contributed by atoms with E-state index in [1.807, 2.05) is 6.07 Å². The second-order valence-corrected chi connectivity index (χ2v) is 10.1. The predicted molar refractivity (Wildman–Crippen MR) is 121 cm³/mol. The van der Waals surface area contributed by atoms with Gasteiger partial charge in [0.2, 0.25) is 15.9 Å². The Bertz CT molecular complexity index is 1140. The Morgan fingerprint density at radius 2 is 1.73 bits per heavy atom. The molecule has 2 aliphatic rings. The molecule has 33 heavy (non-hydrogen) atoms. The summed E-state index contributed by atoms with van der Waals surface area (Å²) in [6, 6.07) is 8.04. The van der Waals surface area contributed by atoms with Crippen LogP contribution in [0.3, 0.4) is 0 Å². The Hall–Kier alpha value is -2.69. The van der Waals surface area contributed by atoms with Gasteiger partial charge in [-0.3, -0.25) is 4.79 Å².